The average Bonchev–Trinajstić information content (AvgIpc) is 2.85. The number of hydrogen-bond acceptors (Lipinski definition) is 4. The Kier molecular flexibility index (Phi) is 4.98. The van der Waals surface area contributed by atoms with Crippen molar-refractivity contribution in [1.82, 2.24) is 9.80 Å². The van der Waals surface area contributed by atoms with E-state index < -0.39 is 5.97 Å². The van der Waals surface area contributed by atoms with E-state index in [-0.39, 0.29) is 6.61 Å². The first kappa shape index (κ1) is 14.8. The van der Waals surface area contributed by atoms with Crippen LogP contribution in [0.25, 0.3) is 0 Å². The number of aliphatic carboxylic acids is 1. The van der Waals surface area contributed by atoms with Gasteiger partial charge in [0, 0.05) is 19.1 Å². The van der Waals surface area contributed by atoms with Crippen molar-refractivity contribution in [3.8, 4) is 5.75 Å². The van der Waals surface area contributed by atoms with Crippen molar-refractivity contribution in [2.75, 3.05) is 33.8 Å². The summed E-state index contributed by atoms with van der Waals surface area (Å²) in [6.45, 7) is 2.89. The second-order valence-electron chi connectivity index (χ2n) is 5.45. The molecular formula is C15H22N2O3. The van der Waals surface area contributed by atoms with Crippen molar-refractivity contribution < 1.29 is 14.6 Å². The number of carboxylic acid groups (broad SMARTS) is 1. The fraction of sp³-hybridized carbons (Fsp3) is 0.533. The summed E-state index contributed by atoms with van der Waals surface area (Å²) in [7, 11) is 4.31. The Morgan fingerprint density at radius 1 is 1.45 bits per heavy atom. The molecule has 1 aliphatic heterocycles. The van der Waals surface area contributed by atoms with E-state index >= 15 is 0 Å². The zero-order valence-electron chi connectivity index (χ0n) is 12.1. The summed E-state index contributed by atoms with van der Waals surface area (Å²) in [5, 5.41) is 8.56. The van der Waals surface area contributed by atoms with E-state index in [9.17, 15) is 4.79 Å². The molecule has 0 bridgehead atoms. The number of hydrogen-bond donors (Lipinski definition) is 1. The monoisotopic (exact) mass is 278 g/mol. The summed E-state index contributed by atoms with van der Waals surface area (Å²) in [6, 6.07) is 8.25. The number of carbonyl (C=O) groups is 1. The molecule has 1 aromatic rings. The Morgan fingerprint density at radius 3 is 2.70 bits per heavy atom. The highest BCUT2D eigenvalue weighted by Crippen LogP contribution is 2.17. The van der Waals surface area contributed by atoms with Crippen molar-refractivity contribution in [2.45, 2.75) is 19.0 Å². The molecule has 0 amide bonds. The predicted octanol–water partition coefficient (Wildman–Crippen LogP) is 1.29. The van der Waals surface area contributed by atoms with Crippen LogP contribution in [0.1, 0.15) is 12.0 Å². The van der Waals surface area contributed by atoms with E-state index in [1.54, 1.807) is 0 Å². The van der Waals surface area contributed by atoms with Crippen LogP contribution in [0.3, 0.4) is 0 Å². The standard InChI is InChI=1S/C15H22N2O3/c1-16-8-7-13(10-16)17(2)9-12-3-5-14(6-4-12)20-11-15(18)19/h3-6,13H,7-11H2,1-2H3,(H,18,19). The van der Waals surface area contributed by atoms with Crippen LogP contribution in [0.4, 0.5) is 0 Å². The maximum absolute atomic E-state index is 10.4. The van der Waals surface area contributed by atoms with Gasteiger partial charge in [0.1, 0.15) is 5.75 Å². The van der Waals surface area contributed by atoms with Crippen molar-refractivity contribution in [3.63, 3.8) is 0 Å². The largest absolute Gasteiger partial charge is 0.482 e. The van der Waals surface area contributed by atoms with E-state index in [1.165, 1.54) is 12.0 Å². The first-order valence-corrected chi connectivity index (χ1v) is 6.87. The molecule has 0 spiro atoms. The molecule has 5 nitrogen and oxygen atoms in total. The maximum atomic E-state index is 10.4. The molecule has 0 radical (unpaired) electrons. The molecule has 0 aliphatic carbocycles. The number of likely N-dealkylation sites (N-methyl/N-ethyl adjacent to an activating group) is 2. The Balaban J connectivity index is 1.85. The van der Waals surface area contributed by atoms with Gasteiger partial charge in [0.25, 0.3) is 0 Å². The molecule has 110 valence electrons. The summed E-state index contributed by atoms with van der Waals surface area (Å²) in [4.78, 5) is 15.1. The van der Waals surface area contributed by atoms with Crippen LogP contribution in [-0.4, -0.2) is 60.7 Å². The van der Waals surface area contributed by atoms with E-state index in [2.05, 4.69) is 23.9 Å². The van der Waals surface area contributed by atoms with Crippen LogP contribution < -0.4 is 4.74 Å². The van der Waals surface area contributed by atoms with Crippen LogP contribution in [0.2, 0.25) is 0 Å². The van der Waals surface area contributed by atoms with Gasteiger partial charge >= 0.3 is 5.97 Å². The third-order valence-corrected chi connectivity index (χ3v) is 3.71. The number of carboxylic acids is 1. The van der Waals surface area contributed by atoms with Gasteiger partial charge in [-0.05, 0) is 44.8 Å². The second-order valence-corrected chi connectivity index (χ2v) is 5.45. The summed E-state index contributed by atoms with van der Waals surface area (Å²) in [5.74, 6) is -0.362. The molecule has 20 heavy (non-hydrogen) atoms. The third kappa shape index (κ3) is 4.21. The molecule has 1 saturated heterocycles. The summed E-state index contributed by atoms with van der Waals surface area (Å²) < 4.78 is 5.12. The Bertz CT molecular complexity index is 447. The number of nitrogens with zero attached hydrogens (tertiary/aromatic N) is 2. The zero-order valence-corrected chi connectivity index (χ0v) is 12.1. The second kappa shape index (κ2) is 6.72. The lowest BCUT2D eigenvalue weighted by Crippen LogP contribution is -2.33. The van der Waals surface area contributed by atoms with Gasteiger partial charge in [-0.1, -0.05) is 12.1 Å². The summed E-state index contributed by atoms with van der Waals surface area (Å²) in [5.41, 5.74) is 1.21. The van der Waals surface area contributed by atoms with Crippen LogP contribution >= 0.6 is 0 Å². The molecule has 0 aromatic heterocycles. The van der Waals surface area contributed by atoms with Gasteiger partial charge in [-0.3, -0.25) is 4.90 Å². The average molecular weight is 278 g/mol. The minimum atomic E-state index is -0.959. The fourth-order valence-corrected chi connectivity index (χ4v) is 2.52. The molecule has 1 unspecified atom stereocenters. The fourth-order valence-electron chi connectivity index (χ4n) is 2.52. The lowest BCUT2D eigenvalue weighted by atomic mass is 10.1. The highest BCUT2D eigenvalue weighted by atomic mass is 16.5. The van der Waals surface area contributed by atoms with Gasteiger partial charge in [0.15, 0.2) is 6.61 Å². The first-order valence-electron chi connectivity index (χ1n) is 6.87. The maximum Gasteiger partial charge on any atom is 0.341 e. The Labute approximate surface area is 119 Å². The van der Waals surface area contributed by atoms with Crippen molar-refractivity contribution in [1.29, 1.82) is 0 Å². The predicted molar refractivity (Wildman–Crippen MR) is 76.9 cm³/mol. The number of likely N-dealkylation sites (tertiary alicyclic amines) is 1. The smallest absolute Gasteiger partial charge is 0.341 e. The van der Waals surface area contributed by atoms with Gasteiger partial charge < -0.3 is 14.7 Å². The lowest BCUT2D eigenvalue weighted by molar-refractivity contribution is -0.139. The van der Waals surface area contributed by atoms with Crippen LogP contribution in [0.5, 0.6) is 5.75 Å². The lowest BCUT2D eigenvalue weighted by Gasteiger charge is -2.24. The van der Waals surface area contributed by atoms with Gasteiger partial charge in [-0.2, -0.15) is 0 Å². The van der Waals surface area contributed by atoms with Crippen LogP contribution in [0, 0.1) is 0 Å². The minimum Gasteiger partial charge on any atom is -0.482 e. The van der Waals surface area contributed by atoms with Gasteiger partial charge in [-0.25, -0.2) is 4.79 Å². The van der Waals surface area contributed by atoms with E-state index in [0.29, 0.717) is 11.8 Å². The minimum absolute atomic E-state index is 0.298. The molecule has 2 rings (SSSR count). The van der Waals surface area contributed by atoms with Crippen LogP contribution in [-0.2, 0) is 11.3 Å². The van der Waals surface area contributed by atoms with Crippen molar-refractivity contribution >= 4 is 5.97 Å². The number of rotatable bonds is 6. The van der Waals surface area contributed by atoms with Gasteiger partial charge in [-0.15, -0.1) is 0 Å². The number of benzene rings is 1. The van der Waals surface area contributed by atoms with E-state index in [4.69, 9.17) is 9.84 Å². The van der Waals surface area contributed by atoms with E-state index in [0.717, 1.165) is 19.6 Å². The molecule has 0 saturated carbocycles. The Hall–Kier alpha value is -1.59. The van der Waals surface area contributed by atoms with Crippen LogP contribution in [0.15, 0.2) is 24.3 Å². The van der Waals surface area contributed by atoms with Crippen molar-refractivity contribution in [3.05, 3.63) is 29.8 Å². The number of ether oxygens (including phenoxy) is 1. The molecule has 1 aromatic carbocycles. The van der Waals surface area contributed by atoms with Gasteiger partial charge in [0.05, 0.1) is 0 Å². The molecule has 5 heteroatoms. The molecular weight excluding hydrogens is 256 g/mol. The SMILES string of the molecule is CN1CCC(N(C)Cc2ccc(OCC(=O)O)cc2)C1. The Morgan fingerprint density at radius 2 is 2.15 bits per heavy atom. The zero-order chi connectivity index (χ0) is 14.5. The molecule has 1 aliphatic rings. The van der Waals surface area contributed by atoms with Crippen molar-refractivity contribution in [2.24, 2.45) is 0 Å². The highest BCUT2D eigenvalue weighted by molar-refractivity contribution is 5.68. The summed E-state index contributed by atoms with van der Waals surface area (Å²) in [6.07, 6.45) is 1.22. The van der Waals surface area contributed by atoms with E-state index in [1.807, 2.05) is 24.3 Å². The summed E-state index contributed by atoms with van der Waals surface area (Å²) >= 11 is 0. The molecule has 1 atom stereocenters. The quantitative estimate of drug-likeness (QED) is 0.849. The topological polar surface area (TPSA) is 53.0 Å². The molecule has 1 heterocycles. The third-order valence-electron chi connectivity index (χ3n) is 3.71. The molecule has 1 fully saturated rings. The molecule has 1 N–H and O–H groups in total. The van der Waals surface area contributed by atoms with Gasteiger partial charge in [0.2, 0.25) is 0 Å². The first-order chi connectivity index (χ1) is 9.54. The highest BCUT2D eigenvalue weighted by Gasteiger charge is 2.22. The normalized spacial score (nSPS) is 19.4.